The number of methoxy groups -OCH3 is 1. The third-order valence-electron chi connectivity index (χ3n) is 2.75. The summed E-state index contributed by atoms with van der Waals surface area (Å²) in [7, 11) is 1.51. The maximum atomic E-state index is 12.2. The summed E-state index contributed by atoms with van der Waals surface area (Å²) in [4.78, 5) is 0.291. The van der Waals surface area contributed by atoms with Gasteiger partial charge in [-0.05, 0) is 37.7 Å². The van der Waals surface area contributed by atoms with E-state index in [2.05, 4.69) is 5.32 Å². The van der Waals surface area contributed by atoms with Crippen LogP contribution in [0.5, 0.6) is 5.75 Å². The zero-order valence-corrected chi connectivity index (χ0v) is 12.0. The number of rotatable bonds is 6. The van der Waals surface area contributed by atoms with Gasteiger partial charge in [0, 0.05) is 20.1 Å². The molecule has 0 aliphatic heterocycles. The number of likely N-dealkylation sites (N-methyl/N-ethyl adjacent to an activating group) is 2. The molecule has 0 fully saturated rings. The molecule has 0 bridgehead atoms. The first-order valence-electron chi connectivity index (χ1n) is 5.69. The van der Waals surface area contributed by atoms with Crippen LogP contribution in [-0.4, -0.2) is 47.0 Å². The van der Waals surface area contributed by atoms with Crippen molar-refractivity contribution < 1.29 is 13.2 Å². The smallest absolute Gasteiger partial charge is 0.242 e. The van der Waals surface area contributed by atoms with E-state index >= 15 is 0 Å². The van der Waals surface area contributed by atoms with Crippen LogP contribution >= 0.6 is 0 Å². The van der Waals surface area contributed by atoms with Crippen LogP contribution in [0.4, 0.5) is 0 Å². The quantitative estimate of drug-likeness (QED) is 0.834. The number of benzene rings is 1. The molecular formula is C12H20N2O3S. The van der Waals surface area contributed by atoms with Gasteiger partial charge in [-0.3, -0.25) is 0 Å². The van der Waals surface area contributed by atoms with Gasteiger partial charge in [0.15, 0.2) is 0 Å². The Kier molecular flexibility index (Phi) is 5.13. The molecule has 18 heavy (non-hydrogen) atoms. The fraction of sp³-hybridized carbons (Fsp3) is 0.500. The van der Waals surface area contributed by atoms with Crippen LogP contribution in [0.25, 0.3) is 0 Å². The number of nitrogens with one attached hydrogen (secondary N) is 1. The maximum absolute atomic E-state index is 12.2. The highest BCUT2D eigenvalue weighted by molar-refractivity contribution is 7.89. The highest BCUT2D eigenvalue weighted by atomic mass is 32.2. The van der Waals surface area contributed by atoms with Crippen molar-refractivity contribution in [1.29, 1.82) is 0 Å². The minimum absolute atomic E-state index is 0.291. The van der Waals surface area contributed by atoms with Crippen LogP contribution in [0.2, 0.25) is 0 Å². The Morgan fingerprint density at radius 3 is 2.56 bits per heavy atom. The van der Waals surface area contributed by atoms with E-state index in [9.17, 15) is 8.42 Å². The van der Waals surface area contributed by atoms with Gasteiger partial charge in [-0.15, -0.1) is 0 Å². The van der Waals surface area contributed by atoms with Crippen LogP contribution in [-0.2, 0) is 10.0 Å². The van der Waals surface area contributed by atoms with Gasteiger partial charge < -0.3 is 10.1 Å². The fourth-order valence-corrected chi connectivity index (χ4v) is 2.84. The summed E-state index contributed by atoms with van der Waals surface area (Å²) in [5.41, 5.74) is 0.806. The predicted octanol–water partition coefficient (Wildman–Crippen LogP) is 0.844. The molecule has 1 aromatic carbocycles. The molecule has 0 heterocycles. The van der Waals surface area contributed by atoms with Crippen molar-refractivity contribution in [3.63, 3.8) is 0 Å². The number of aryl methyl sites for hydroxylation is 1. The summed E-state index contributed by atoms with van der Waals surface area (Å²) in [6.45, 7) is 2.88. The second kappa shape index (κ2) is 6.17. The summed E-state index contributed by atoms with van der Waals surface area (Å²) in [6, 6.07) is 4.87. The van der Waals surface area contributed by atoms with Crippen LogP contribution in [0.3, 0.4) is 0 Å². The highest BCUT2D eigenvalue weighted by Crippen LogP contribution is 2.22. The van der Waals surface area contributed by atoms with Crippen molar-refractivity contribution in [3.8, 4) is 5.75 Å². The van der Waals surface area contributed by atoms with Gasteiger partial charge in [-0.1, -0.05) is 0 Å². The standard InChI is InChI=1S/C12H20N2O3S/c1-10-9-11(5-6-12(10)17-4)18(15,16)14(3)8-7-13-2/h5-6,9,13H,7-8H2,1-4H3. The van der Waals surface area contributed by atoms with Gasteiger partial charge in [-0.25, -0.2) is 8.42 Å². The first kappa shape index (κ1) is 14.9. The van der Waals surface area contributed by atoms with E-state index in [-0.39, 0.29) is 0 Å². The molecule has 5 nitrogen and oxygen atoms in total. The summed E-state index contributed by atoms with van der Waals surface area (Å²) >= 11 is 0. The number of hydrogen-bond donors (Lipinski definition) is 1. The Morgan fingerprint density at radius 2 is 2.06 bits per heavy atom. The second-order valence-corrected chi connectivity index (χ2v) is 6.11. The Bertz CT molecular complexity index is 500. The van der Waals surface area contributed by atoms with Crippen molar-refractivity contribution in [1.82, 2.24) is 9.62 Å². The molecule has 6 heteroatoms. The normalized spacial score (nSPS) is 11.8. The van der Waals surface area contributed by atoms with Crippen molar-refractivity contribution in [3.05, 3.63) is 23.8 Å². The highest BCUT2D eigenvalue weighted by Gasteiger charge is 2.20. The lowest BCUT2D eigenvalue weighted by molar-refractivity contribution is 0.411. The van der Waals surface area contributed by atoms with Crippen molar-refractivity contribution in [2.45, 2.75) is 11.8 Å². The largest absolute Gasteiger partial charge is 0.496 e. The molecule has 0 unspecified atom stereocenters. The zero-order chi connectivity index (χ0) is 13.8. The van der Waals surface area contributed by atoms with Crippen LogP contribution < -0.4 is 10.1 Å². The predicted molar refractivity (Wildman–Crippen MR) is 71.5 cm³/mol. The molecule has 102 valence electrons. The SMILES string of the molecule is CNCCN(C)S(=O)(=O)c1ccc(OC)c(C)c1. The van der Waals surface area contributed by atoms with E-state index in [4.69, 9.17) is 4.74 Å². The third kappa shape index (κ3) is 3.22. The summed E-state index contributed by atoms with van der Waals surface area (Å²) in [5, 5.41) is 2.93. The third-order valence-corrected chi connectivity index (χ3v) is 4.60. The molecule has 0 amide bonds. The van der Waals surface area contributed by atoms with Crippen molar-refractivity contribution in [2.24, 2.45) is 0 Å². The number of hydrogen-bond acceptors (Lipinski definition) is 4. The van der Waals surface area contributed by atoms with E-state index in [1.807, 2.05) is 6.92 Å². The van der Waals surface area contributed by atoms with E-state index in [0.717, 1.165) is 5.56 Å². The van der Waals surface area contributed by atoms with E-state index < -0.39 is 10.0 Å². The molecule has 1 N–H and O–H groups in total. The Morgan fingerprint density at radius 1 is 1.39 bits per heavy atom. The molecule has 0 aliphatic rings. The Balaban J connectivity index is 3.01. The van der Waals surface area contributed by atoms with Crippen LogP contribution in [0.15, 0.2) is 23.1 Å². The monoisotopic (exact) mass is 272 g/mol. The molecule has 0 aromatic heterocycles. The maximum Gasteiger partial charge on any atom is 0.242 e. The average Bonchev–Trinajstić information content (AvgIpc) is 2.35. The van der Waals surface area contributed by atoms with Crippen LogP contribution in [0, 0.1) is 6.92 Å². The van der Waals surface area contributed by atoms with E-state index in [1.54, 1.807) is 39.4 Å². The van der Waals surface area contributed by atoms with Gasteiger partial charge in [-0.2, -0.15) is 4.31 Å². The molecule has 0 saturated heterocycles. The van der Waals surface area contributed by atoms with Gasteiger partial charge >= 0.3 is 0 Å². The number of sulfonamides is 1. The van der Waals surface area contributed by atoms with Gasteiger partial charge in [0.2, 0.25) is 10.0 Å². The minimum Gasteiger partial charge on any atom is -0.496 e. The Hall–Kier alpha value is -1.11. The molecule has 0 spiro atoms. The molecule has 1 rings (SSSR count). The number of ether oxygens (including phenoxy) is 1. The molecule has 0 aliphatic carbocycles. The number of nitrogens with zero attached hydrogens (tertiary/aromatic N) is 1. The van der Waals surface area contributed by atoms with Crippen molar-refractivity contribution >= 4 is 10.0 Å². The van der Waals surface area contributed by atoms with Gasteiger partial charge in [0.1, 0.15) is 5.75 Å². The molecule has 0 radical (unpaired) electrons. The summed E-state index contributed by atoms with van der Waals surface area (Å²) in [6.07, 6.45) is 0. The minimum atomic E-state index is -3.42. The molecule has 0 atom stereocenters. The van der Waals surface area contributed by atoms with E-state index in [0.29, 0.717) is 23.7 Å². The van der Waals surface area contributed by atoms with Crippen LogP contribution in [0.1, 0.15) is 5.56 Å². The lowest BCUT2D eigenvalue weighted by atomic mass is 10.2. The fourth-order valence-electron chi connectivity index (χ4n) is 1.58. The summed E-state index contributed by atoms with van der Waals surface area (Å²) < 4.78 is 31.0. The molecular weight excluding hydrogens is 252 g/mol. The molecule has 1 aromatic rings. The lowest BCUT2D eigenvalue weighted by Gasteiger charge is -2.17. The second-order valence-electron chi connectivity index (χ2n) is 4.06. The molecule has 0 saturated carbocycles. The average molecular weight is 272 g/mol. The first-order valence-corrected chi connectivity index (χ1v) is 7.13. The van der Waals surface area contributed by atoms with Crippen molar-refractivity contribution in [2.75, 3.05) is 34.3 Å². The first-order chi connectivity index (χ1) is 8.43. The van der Waals surface area contributed by atoms with Gasteiger partial charge in [0.05, 0.1) is 12.0 Å². The topological polar surface area (TPSA) is 58.6 Å². The van der Waals surface area contributed by atoms with E-state index in [1.165, 1.54) is 4.31 Å². The Labute approximate surface area is 109 Å². The zero-order valence-electron chi connectivity index (χ0n) is 11.2. The van der Waals surface area contributed by atoms with Gasteiger partial charge in [0.25, 0.3) is 0 Å². The summed E-state index contributed by atoms with van der Waals surface area (Å²) in [5.74, 6) is 0.687. The lowest BCUT2D eigenvalue weighted by Crippen LogP contribution is -2.32.